The number of ether oxygens (including phenoxy) is 1. The van der Waals surface area contributed by atoms with Crippen molar-refractivity contribution in [3.8, 4) is 0 Å². The Labute approximate surface area is 157 Å². The first-order chi connectivity index (χ1) is 11.8. The molecule has 0 aromatic heterocycles. The largest absolute Gasteiger partial charge is 0.444 e. The highest BCUT2D eigenvalue weighted by atomic mass is 16.6. The van der Waals surface area contributed by atoms with E-state index in [1.54, 1.807) is 4.90 Å². The fourth-order valence-electron chi connectivity index (χ4n) is 4.03. The van der Waals surface area contributed by atoms with Crippen molar-refractivity contribution in [2.24, 2.45) is 0 Å². The van der Waals surface area contributed by atoms with Crippen molar-refractivity contribution in [1.82, 2.24) is 9.80 Å². The van der Waals surface area contributed by atoms with Crippen LogP contribution in [0.25, 0.3) is 0 Å². The van der Waals surface area contributed by atoms with E-state index < -0.39 is 22.8 Å². The first-order valence-electron chi connectivity index (χ1n) is 9.29. The summed E-state index contributed by atoms with van der Waals surface area (Å²) >= 11 is 0. The van der Waals surface area contributed by atoms with Gasteiger partial charge in [0.15, 0.2) is 0 Å². The fourth-order valence-corrected chi connectivity index (χ4v) is 4.03. The van der Waals surface area contributed by atoms with E-state index in [0.29, 0.717) is 13.0 Å². The minimum atomic E-state index is -0.676. The van der Waals surface area contributed by atoms with Gasteiger partial charge in [0.1, 0.15) is 5.60 Å². The Morgan fingerprint density at radius 1 is 1.27 bits per heavy atom. The molecule has 2 atom stereocenters. The van der Waals surface area contributed by atoms with Gasteiger partial charge in [0, 0.05) is 19.5 Å². The van der Waals surface area contributed by atoms with E-state index in [2.05, 4.69) is 17.0 Å². The number of carbonyl (C=O) groups is 1. The zero-order valence-corrected chi connectivity index (χ0v) is 17.2. The number of amides is 1. The summed E-state index contributed by atoms with van der Waals surface area (Å²) in [5, 5.41) is 10.6. The summed E-state index contributed by atoms with van der Waals surface area (Å²) < 4.78 is 5.66. The first-order valence-corrected chi connectivity index (χ1v) is 9.29. The molecular weight excluding hydrogens is 328 g/mol. The van der Waals surface area contributed by atoms with E-state index in [-0.39, 0.29) is 6.09 Å². The molecule has 1 aromatic carbocycles. The predicted octanol–water partition coefficient (Wildman–Crippen LogP) is 3.66. The molecule has 1 saturated heterocycles. The zero-order valence-electron chi connectivity index (χ0n) is 17.2. The van der Waals surface area contributed by atoms with Crippen molar-refractivity contribution in [3.63, 3.8) is 0 Å². The molecule has 1 amide bonds. The van der Waals surface area contributed by atoms with Gasteiger partial charge in [-0.1, -0.05) is 30.3 Å². The van der Waals surface area contributed by atoms with E-state index in [1.165, 1.54) is 5.56 Å². The van der Waals surface area contributed by atoms with Gasteiger partial charge < -0.3 is 9.84 Å². The minimum Gasteiger partial charge on any atom is -0.444 e. The molecule has 1 aliphatic rings. The number of carbonyl (C=O) groups excluding carboxylic acids is 1. The summed E-state index contributed by atoms with van der Waals surface area (Å²) in [7, 11) is 2.04. The predicted molar refractivity (Wildman–Crippen MR) is 104 cm³/mol. The molecule has 2 unspecified atom stereocenters. The molecule has 0 spiro atoms. The van der Waals surface area contributed by atoms with Crippen LogP contribution in [0.5, 0.6) is 0 Å². The first kappa shape index (κ1) is 20.7. The van der Waals surface area contributed by atoms with Gasteiger partial charge in [-0.3, -0.25) is 9.80 Å². The molecule has 146 valence electrons. The monoisotopic (exact) mass is 362 g/mol. The number of nitrogens with zero attached hydrogens (tertiary/aromatic N) is 2. The lowest BCUT2D eigenvalue weighted by Gasteiger charge is -2.44. The Bertz CT molecular complexity index is 624. The highest BCUT2D eigenvalue weighted by molar-refractivity contribution is 5.71. The third-order valence-corrected chi connectivity index (χ3v) is 5.05. The zero-order chi connectivity index (χ0) is 19.8. The molecule has 0 bridgehead atoms. The quantitative estimate of drug-likeness (QED) is 0.888. The molecule has 0 saturated carbocycles. The number of benzene rings is 1. The molecule has 26 heavy (non-hydrogen) atoms. The van der Waals surface area contributed by atoms with E-state index in [0.717, 1.165) is 6.54 Å². The lowest BCUT2D eigenvalue weighted by molar-refractivity contribution is -0.0278. The number of rotatable bonds is 4. The van der Waals surface area contributed by atoms with E-state index >= 15 is 0 Å². The van der Waals surface area contributed by atoms with Crippen LogP contribution < -0.4 is 0 Å². The Kier molecular flexibility index (Phi) is 5.74. The van der Waals surface area contributed by atoms with Gasteiger partial charge in [-0.2, -0.15) is 0 Å². The number of aliphatic hydroxyl groups is 1. The van der Waals surface area contributed by atoms with Crippen LogP contribution in [-0.2, 0) is 11.3 Å². The molecule has 5 heteroatoms. The van der Waals surface area contributed by atoms with Gasteiger partial charge >= 0.3 is 6.09 Å². The molecule has 0 aliphatic carbocycles. The Hall–Kier alpha value is -1.59. The normalized spacial score (nSPS) is 25.6. The average Bonchev–Trinajstić information content (AvgIpc) is 2.62. The van der Waals surface area contributed by atoms with Crippen molar-refractivity contribution in [3.05, 3.63) is 35.9 Å². The van der Waals surface area contributed by atoms with E-state index in [4.69, 9.17) is 4.74 Å². The van der Waals surface area contributed by atoms with Crippen LogP contribution in [0.15, 0.2) is 30.3 Å². The summed E-state index contributed by atoms with van der Waals surface area (Å²) in [6, 6.07) is 10.3. The number of likely N-dealkylation sites (tertiary alicyclic amines) is 1. The van der Waals surface area contributed by atoms with Crippen LogP contribution in [-0.4, -0.2) is 57.4 Å². The molecule has 1 fully saturated rings. The van der Waals surface area contributed by atoms with Crippen molar-refractivity contribution in [2.45, 2.75) is 77.3 Å². The molecule has 5 nitrogen and oxygen atoms in total. The maximum absolute atomic E-state index is 13.0. The van der Waals surface area contributed by atoms with Crippen molar-refractivity contribution >= 4 is 6.09 Å². The second kappa shape index (κ2) is 7.20. The molecule has 1 aromatic rings. The van der Waals surface area contributed by atoms with Crippen LogP contribution >= 0.6 is 0 Å². The summed E-state index contributed by atoms with van der Waals surface area (Å²) in [6.07, 6.45) is -0.432. The van der Waals surface area contributed by atoms with Gasteiger partial charge in [0.25, 0.3) is 0 Å². The molecule has 1 N–H and O–H groups in total. The summed E-state index contributed by atoms with van der Waals surface area (Å²) in [5.41, 5.74) is -0.531. The number of hydrogen-bond donors (Lipinski definition) is 1. The topological polar surface area (TPSA) is 53.0 Å². The highest BCUT2D eigenvalue weighted by Gasteiger charge is 2.56. The van der Waals surface area contributed by atoms with Crippen molar-refractivity contribution in [2.75, 3.05) is 13.6 Å². The number of likely N-dealkylation sites (N-methyl/N-ethyl adjacent to an activating group) is 1. The third kappa shape index (κ3) is 4.57. The van der Waals surface area contributed by atoms with Gasteiger partial charge in [-0.15, -0.1) is 0 Å². The minimum absolute atomic E-state index is 0.366. The number of hydrogen-bond acceptors (Lipinski definition) is 4. The van der Waals surface area contributed by atoms with E-state index in [9.17, 15) is 9.90 Å². The lowest BCUT2D eigenvalue weighted by Crippen LogP contribution is -2.59. The van der Waals surface area contributed by atoms with Gasteiger partial charge in [-0.25, -0.2) is 4.79 Å². The van der Waals surface area contributed by atoms with Crippen molar-refractivity contribution < 1.29 is 14.6 Å². The molecule has 2 rings (SSSR count). The Balaban J connectivity index is 2.21. The highest BCUT2D eigenvalue weighted by Crippen LogP contribution is 2.42. The van der Waals surface area contributed by atoms with Gasteiger partial charge in [-0.05, 0) is 54.2 Å². The van der Waals surface area contributed by atoms with Gasteiger partial charge in [0.05, 0.1) is 17.2 Å². The van der Waals surface area contributed by atoms with E-state index in [1.807, 2.05) is 66.8 Å². The van der Waals surface area contributed by atoms with Crippen LogP contribution in [0.4, 0.5) is 4.79 Å². The Morgan fingerprint density at radius 2 is 1.85 bits per heavy atom. The molecular formula is C21H34N2O3. The van der Waals surface area contributed by atoms with Crippen LogP contribution in [0.1, 0.15) is 53.5 Å². The summed E-state index contributed by atoms with van der Waals surface area (Å²) in [4.78, 5) is 16.9. The third-order valence-electron chi connectivity index (χ3n) is 5.05. The molecule has 1 aliphatic heterocycles. The second-order valence-electron chi connectivity index (χ2n) is 9.34. The maximum Gasteiger partial charge on any atom is 0.411 e. The number of aliphatic hydroxyl groups excluding tert-OH is 1. The smallest absolute Gasteiger partial charge is 0.411 e. The lowest BCUT2D eigenvalue weighted by atomic mass is 9.95. The second-order valence-corrected chi connectivity index (χ2v) is 9.34. The van der Waals surface area contributed by atoms with Gasteiger partial charge in [0.2, 0.25) is 0 Å². The Morgan fingerprint density at radius 3 is 2.38 bits per heavy atom. The summed E-state index contributed by atoms with van der Waals surface area (Å²) in [5.74, 6) is 0. The fraction of sp³-hybridized carbons (Fsp3) is 0.667. The SMILES string of the molecule is CN(Cc1ccccc1)CC1(C)CC(O)C(C)(C)N1C(=O)OC(C)(C)C. The van der Waals surface area contributed by atoms with Crippen molar-refractivity contribution in [1.29, 1.82) is 0 Å². The summed E-state index contributed by atoms with van der Waals surface area (Å²) in [6.45, 7) is 12.9. The molecule has 1 heterocycles. The average molecular weight is 363 g/mol. The van der Waals surface area contributed by atoms with Crippen LogP contribution in [0.3, 0.4) is 0 Å². The van der Waals surface area contributed by atoms with Crippen LogP contribution in [0.2, 0.25) is 0 Å². The molecule has 0 radical (unpaired) electrons. The van der Waals surface area contributed by atoms with Crippen LogP contribution in [0, 0.1) is 0 Å². The maximum atomic E-state index is 13.0. The standard InChI is InChI=1S/C21H34N2O3/c1-19(2,3)26-18(25)23-20(4,5)17(24)13-21(23,6)15-22(7)14-16-11-9-8-10-12-16/h8-12,17,24H,13-15H2,1-7H3.